The Bertz CT molecular complexity index is 661. The van der Waals surface area contributed by atoms with Crippen LogP contribution in [0.1, 0.15) is 40.5 Å². The zero-order chi connectivity index (χ0) is 21.8. The molecule has 1 saturated carbocycles. The highest BCUT2D eigenvalue weighted by Gasteiger charge is 2.58. The first-order chi connectivity index (χ1) is 14.4. The summed E-state index contributed by atoms with van der Waals surface area (Å²) in [5, 5.41) is 6.72. The minimum Gasteiger partial charge on any atom is -0.355 e. The second-order valence-electron chi connectivity index (χ2n) is 9.21. The molecule has 0 aromatic carbocycles. The number of aliphatic imine (C=N–C) groups is 1. The Labute approximate surface area is 204 Å². The number of imide groups is 1. The van der Waals surface area contributed by atoms with E-state index in [0.717, 1.165) is 38.4 Å². The Kier molecular flexibility index (Phi) is 9.79. The number of allylic oxidation sites excluding steroid dienone is 2. The molecule has 2 amide bonds. The smallest absolute Gasteiger partial charge is 0.233 e. The number of amides is 2. The van der Waals surface area contributed by atoms with E-state index in [4.69, 9.17) is 0 Å². The van der Waals surface area contributed by atoms with Gasteiger partial charge in [0.05, 0.1) is 11.8 Å². The Morgan fingerprint density at radius 3 is 2.19 bits per heavy atom. The molecular weight excluding hydrogens is 505 g/mol. The average Bonchev–Trinajstić information content (AvgIpc) is 3.40. The van der Waals surface area contributed by atoms with E-state index < -0.39 is 0 Å². The van der Waals surface area contributed by atoms with Crippen LogP contribution in [0.5, 0.6) is 0 Å². The topological polar surface area (TPSA) is 77.0 Å². The molecule has 3 rings (SSSR count). The van der Waals surface area contributed by atoms with Crippen molar-refractivity contribution in [2.75, 3.05) is 39.8 Å². The number of guanidine groups is 1. The van der Waals surface area contributed by atoms with E-state index in [1.165, 1.54) is 4.90 Å². The van der Waals surface area contributed by atoms with Crippen molar-refractivity contribution < 1.29 is 9.59 Å². The summed E-state index contributed by atoms with van der Waals surface area (Å²) in [7, 11) is 1.75. The summed E-state index contributed by atoms with van der Waals surface area (Å²) in [6, 6.07) is 0.447. The molecule has 0 radical (unpaired) electrons. The van der Waals surface area contributed by atoms with Crippen molar-refractivity contribution in [2.24, 2.45) is 34.6 Å². The molecule has 176 valence electrons. The highest BCUT2D eigenvalue weighted by atomic mass is 127. The largest absolute Gasteiger partial charge is 0.355 e. The van der Waals surface area contributed by atoms with Crippen LogP contribution in [0.25, 0.3) is 0 Å². The Morgan fingerprint density at radius 1 is 1.13 bits per heavy atom. The third-order valence-corrected chi connectivity index (χ3v) is 6.99. The van der Waals surface area contributed by atoms with Crippen LogP contribution in [0, 0.1) is 29.6 Å². The number of hydrogen-bond acceptors (Lipinski definition) is 4. The van der Waals surface area contributed by atoms with Crippen LogP contribution in [0.4, 0.5) is 0 Å². The molecule has 0 aromatic rings. The Hall–Kier alpha value is -1.16. The maximum absolute atomic E-state index is 12.8. The van der Waals surface area contributed by atoms with E-state index >= 15 is 0 Å². The minimum absolute atomic E-state index is 0. The van der Waals surface area contributed by atoms with Crippen LogP contribution in [-0.2, 0) is 9.59 Å². The number of fused-ring (bicyclic) bond motifs is 5. The van der Waals surface area contributed by atoms with Crippen molar-refractivity contribution in [3.8, 4) is 0 Å². The molecule has 3 aliphatic rings. The summed E-state index contributed by atoms with van der Waals surface area (Å²) in [6.45, 7) is 12.7. The first-order valence-electron chi connectivity index (χ1n) is 11.6. The number of rotatable bonds is 10. The van der Waals surface area contributed by atoms with Crippen molar-refractivity contribution >= 4 is 41.8 Å². The van der Waals surface area contributed by atoms with Crippen molar-refractivity contribution in [3.05, 3.63) is 12.2 Å². The van der Waals surface area contributed by atoms with Gasteiger partial charge in [-0.1, -0.05) is 39.8 Å². The van der Waals surface area contributed by atoms with E-state index in [2.05, 4.69) is 60.4 Å². The number of halogens is 1. The summed E-state index contributed by atoms with van der Waals surface area (Å²) in [5.41, 5.74) is 0. The van der Waals surface area contributed by atoms with E-state index in [-0.39, 0.29) is 59.5 Å². The summed E-state index contributed by atoms with van der Waals surface area (Å²) in [5.74, 6) is 1.69. The third kappa shape index (κ3) is 5.61. The lowest BCUT2D eigenvalue weighted by Crippen LogP contribution is -2.49. The zero-order valence-electron chi connectivity index (χ0n) is 19.6. The number of likely N-dealkylation sites (tertiary alicyclic amines) is 1. The third-order valence-electron chi connectivity index (χ3n) is 6.99. The van der Waals surface area contributed by atoms with Crippen molar-refractivity contribution in [1.82, 2.24) is 20.4 Å². The summed E-state index contributed by atoms with van der Waals surface area (Å²) in [4.78, 5) is 33.8. The van der Waals surface area contributed by atoms with E-state index in [1.807, 2.05) is 0 Å². The Balaban J connectivity index is 0.00000341. The maximum Gasteiger partial charge on any atom is 0.233 e. The molecule has 0 spiro atoms. The van der Waals surface area contributed by atoms with Gasteiger partial charge in [0.15, 0.2) is 5.96 Å². The van der Waals surface area contributed by atoms with Crippen LogP contribution >= 0.6 is 24.0 Å². The lowest BCUT2D eigenvalue weighted by Gasteiger charge is -2.31. The quantitative estimate of drug-likeness (QED) is 0.145. The Morgan fingerprint density at radius 2 is 1.71 bits per heavy atom. The predicted octanol–water partition coefficient (Wildman–Crippen LogP) is 2.33. The van der Waals surface area contributed by atoms with Gasteiger partial charge in [-0.3, -0.25) is 24.4 Å². The molecule has 2 aliphatic carbocycles. The van der Waals surface area contributed by atoms with Gasteiger partial charge in [0.25, 0.3) is 0 Å². The van der Waals surface area contributed by atoms with Crippen molar-refractivity contribution in [1.29, 1.82) is 0 Å². The molecule has 2 bridgehead atoms. The van der Waals surface area contributed by atoms with Gasteiger partial charge in [0.1, 0.15) is 0 Å². The minimum atomic E-state index is -0.115. The molecule has 8 heteroatoms. The standard InChI is InChI=1S/C23H39N5O2.HI/c1-6-27(7-2)18(12-15(3)4)14-26-23(24-5)25-10-11-28-21(29)19-16-8-9-17(13-16)20(19)22(28)30;/h8-9,15-20H,6-7,10-14H2,1-5H3,(H2,24,25,26);1H. The SMILES string of the molecule is CCN(CC)C(CNC(=NC)NCCN1C(=O)C2C3C=CC(C3)C2C1=O)CC(C)C.I. The molecule has 1 heterocycles. The van der Waals surface area contributed by atoms with Gasteiger partial charge in [0.2, 0.25) is 11.8 Å². The van der Waals surface area contributed by atoms with Crippen LogP contribution in [0.2, 0.25) is 0 Å². The molecule has 2 N–H and O–H groups in total. The second kappa shape index (κ2) is 11.6. The number of carbonyl (C=O) groups is 2. The molecule has 5 atom stereocenters. The number of likely N-dealkylation sites (N-methyl/N-ethyl adjacent to an activating group) is 1. The van der Waals surface area contributed by atoms with E-state index in [1.54, 1.807) is 7.05 Å². The second-order valence-corrected chi connectivity index (χ2v) is 9.21. The lowest BCUT2D eigenvalue weighted by atomic mass is 9.85. The molecule has 1 aliphatic heterocycles. The molecule has 2 fully saturated rings. The molecule has 1 saturated heterocycles. The number of hydrogen-bond donors (Lipinski definition) is 2. The van der Waals surface area contributed by atoms with Gasteiger partial charge in [-0.15, -0.1) is 24.0 Å². The molecule has 31 heavy (non-hydrogen) atoms. The predicted molar refractivity (Wildman–Crippen MR) is 135 cm³/mol. The molecule has 7 nitrogen and oxygen atoms in total. The van der Waals surface area contributed by atoms with Crippen LogP contribution in [0.3, 0.4) is 0 Å². The molecule has 5 unspecified atom stereocenters. The van der Waals surface area contributed by atoms with Gasteiger partial charge in [0, 0.05) is 32.7 Å². The van der Waals surface area contributed by atoms with Gasteiger partial charge in [-0.05, 0) is 43.7 Å². The monoisotopic (exact) mass is 545 g/mol. The van der Waals surface area contributed by atoms with E-state index in [9.17, 15) is 9.59 Å². The lowest BCUT2D eigenvalue weighted by molar-refractivity contribution is -0.140. The number of nitrogens with zero attached hydrogens (tertiary/aromatic N) is 3. The van der Waals surface area contributed by atoms with Crippen LogP contribution in [-0.4, -0.2) is 73.4 Å². The fourth-order valence-corrected chi connectivity index (χ4v) is 5.55. The van der Waals surface area contributed by atoms with Crippen LogP contribution in [0.15, 0.2) is 17.1 Å². The maximum atomic E-state index is 12.8. The summed E-state index contributed by atoms with van der Waals surface area (Å²) < 4.78 is 0. The average molecular weight is 546 g/mol. The fourth-order valence-electron chi connectivity index (χ4n) is 5.55. The van der Waals surface area contributed by atoms with Gasteiger partial charge >= 0.3 is 0 Å². The number of nitrogens with one attached hydrogen (secondary N) is 2. The zero-order valence-corrected chi connectivity index (χ0v) is 22.0. The first kappa shape index (κ1) is 26.1. The van der Waals surface area contributed by atoms with Crippen molar-refractivity contribution in [2.45, 2.75) is 46.6 Å². The highest BCUT2D eigenvalue weighted by molar-refractivity contribution is 14.0. The van der Waals surface area contributed by atoms with Gasteiger partial charge < -0.3 is 10.6 Å². The summed E-state index contributed by atoms with van der Waals surface area (Å²) in [6.07, 6.45) is 6.36. The van der Waals surface area contributed by atoms with Gasteiger partial charge in [-0.25, -0.2) is 0 Å². The normalized spacial score (nSPS) is 27.8. The van der Waals surface area contributed by atoms with Crippen molar-refractivity contribution in [3.63, 3.8) is 0 Å². The fraction of sp³-hybridized carbons (Fsp3) is 0.783. The van der Waals surface area contributed by atoms with Crippen LogP contribution < -0.4 is 10.6 Å². The van der Waals surface area contributed by atoms with E-state index in [0.29, 0.717) is 25.0 Å². The van der Waals surface area contributed by atoms with Gasteiger partial charge in [-0.2, -0.15) is 0 Å². The highest BCUT2D eigenvalue weighted by Crippen LogP contribution is 2.52. The molecule has 0 aromatic heterocycles. The number of carbonyl (C=O) groups excluding carboxylic acids is 2. The first-order valence-corrected chi connectivity index (χ1v) is 11.6. The molecular formula is C23H40IN5O2. The summed E-state index contributed by atoms with van der Waals surface area (Å²) >= 11 is 0.